The Morgan fingerprint density at radius 1 is 1.10 bits per heavy atom. The van der Waals surface area contributed by atoms with Gasteiger partial charge in [0.25, 0.3) is 0 Å². The van der Waals surface area contributed by atoms with E-state index >= 15 is 0 Å². The second kappa shape index (κ2) is 12.2. The van der Waals surface area contributed by atoms with Crippen molar-refractivity contribution in [3.8, 4) is 11.5 Å². The molecule has 0 atom stereocenters. The van der Waals surface area contributed by atoms with Crippen LogP contribution in [-0.2, 0) is 11.3 Å². The summed E-state index contributed by atoms with van der Waals surface area (Å²) in [5, 5.41) is 6.17. The fraction of sp³-hybridized carbons (Fsp3) is 0.619. The van der Waals surface area contributed by atoms with Gasteiger partial charge < -0.3 is 25.0 Å². The number of rotatable bonds is 9. The summed E-state index contributed by atoms with van der Waals surface area (Å²) in [7, 11) is 3.37. The van der Waals surface area contributed by atoms with Crippen molar-refractivity contribution in [3.63, 3.8) is 0 Å². The van der Waals surface area contributed by atoms with Gasteiger partial charge in [-0.25, -0.2) is 4.99 Å². The molecule has 0 spiro atoms. The van der Waals surface area contributed by atoms with Crippen LogP contribution in [0.25, 0.3) is 0 Å². The van der Waals surface area contributed by atoms with Crippen molar-refractivity contribution in [1.82, 2.24) is 20.4 Å². The molecule has 8 nitrogen and oxygen atoms in total. The molecular formula is C21H35N5O3. The van der Waals surface area contributed by atoms with Gasteiger partial charge in [0.2, 0.25) is 5.91 Å². The monoisotopic (exact) mass is 405 g/mol. The minimum atomic E-state index is -0.0361. The Kier molecular flexibility index (Phi) is 9.56. The number of piperazine rings is 1. The number of methoxy groups -OCH3 is 2. The largest absolute Gasteiger partial charge is 0.497 e. The number of hydrogen-bond acceptors (Lipinski definition) is 5. The molecule has 2 N–H and O–H groups in total. The van der Waals surface area contributed by atoms with Gasteiger partial charge in [-0.3, -0.25) is 9.69 Å². The number of nitrogens with zero attached hydrogens (tertiary/aromatic N) is 3. The summed E-state index contributed by atoms with van der Waals surface area (Å²) in [6.45, 7) is 10.0. The molecule has 162 valence electrons. The highest BCUT2D eigenvalue weighted by atomic mass is 16.5. The minimum absolute atomic E-state index is 0.0361. The highest BCUT2D eigenvalue weighted by Crippen LogP contribution is 2.25. The molecule has 1 heterocycles. The van der Waals surface area contributed by atoms with E-state index in [2.05, 4.69) is 25.4 Å². The van der Waals surface area contributed by atoms with E-state index in [1.165, 1.54) is 0 Å². The summed E-state index contributed by atoms with van der Waals surface area (Å²) in [6, 6.07) is 5.89. The number of amides is 1. The summed E-state index contributed by atoms with van der Waals surface area (Å²) in [6.07, 6.45) is 0.926. The van der Waals surface area contributed by atoms with Gasteiger partial charge in [-0.15, -0.1) is 0 Å². The molecule has 0 radical (unpaired) electrons. The fourth-order valence-corrected chi connectivity index (χ4v) is 3.26. The molecule has 1 aliphatic heterocycles. The van der Waals surface area contributed by atoms with E-state index in [1.54, 1.807) is 14.2 Å². The van der Waals surface area contributed by atoms with E-state index in [1.807, 2.05) is 32.0 Å². The average Bonchev–Trinajstić information content (AvgIpc) is 2.75. The molecule has 0 saturated carbocycles. The van der Waals surface area contributed by atoms with Crippen LogP contribution in [0.1, 0.15) is 25.8 Å². The van der Waals surface area contributed by atoms with E-state index in [0.717, 1.165) is 68.7 Å². The number of carbonyl (C=O) groups excluding carboxylic acids is 1. The molecule has 0 bridgehead atoms. The molecule has 1 aromatic rings. The lowest BCUT2D eigenvalue weighted by Crippen LogP contribution is -2.52. The second-order valence-electron chi connectivity index (χ2n) is 6.96. The number of hydrogen-bond donors (Lipinski definition) is 2. The maximum absolute atomic E-state index is 11.9. The van der Waals surface area contributed by atoms with Crippen LogP contribution in [0.5, 0.6) is 11.5 Å². The molecule has 2 rings (SSSR count). The van der Waals surface area contributed by atoms with Crippen LogP contribution >= 0.6 is 0 Å². The van der Waals surface area contributed by atoms with Crippen LogP contribution < -0.4 is 20.1 Å². The number of aliphatic imine (C=N–C) groups is 1. The second-order valence-corrected chi connectivity index (χ2v) is 6.96. The van der Waals surface area contributed by atoms with Crippen molar-refractivity contribution in [2.75, 3.05) is 60.0 Å². The van der Waals surface area contributed by atoms with E-state index in [4.69, 9.17) is 9.47 Å². The van der Waals surface area contributed by atoms with Crippen molar-refractivity contribution in [2.24, 2.45) is 4.99 Å². The van der Waals surface area contributed by atoms with Crippen molar-refractivity contribution < 1.29 is 14.3 Å². The summed E-state index contributed by atoms with van der Waals surface area (Å²) in [5.41, 5.74) is 1.12. The zero-order valence-corrected chi connectivity index (χ0v) is 18.2. The topological polar surface area (TPSA) is 78.4 Å². The summed E-state index contributed by atoms with van der Waals surface area (Å²) in [5.74, 6) is 2.48. The van der Waals surface area contributed by atoms with Crippen LogP contribution in [-0.4, -0.2) is 81.7 Å². The highest BCUT2D eigenvalue weighted by molar-refractivity contribution is 5.85. The molecule has 1 amide bonds. The first-order valence-electron chi connectivity index (χ1n) is 10.3. The molecule has 1 aliphatic rings. The van der Waals surface area contributed by atoms with Crippen molar-refractivity contribution in [1.29, 1.82) is 0 Å². The van der Waals surface area contributed by atoms with E-state index in [0.29, 0.717) is 6.54 Å². The van der Waals surface area contributed by atoms with Crippen LogP contribution in [0.3, 0.4) is 0 Å². The Labute approximate surface area is 174 Å². The summed E-state index contributed by atoms with van der Waals surface area (Å²) in [4.78, 5) is 21.0. The first-order valence-corrected chi connectivity index (χ1v) is 10.3. The first kappa shape index (κ1) is 22.8. The van der Waals surface area contributed by atoms with Gasteiger partial charge in [0, 0.05) is 51.4 Å². The SMILES string of the molecule is CCCNC(=O)CN=C(NCC)N1CCN(Cc2cc(OC)ccc2OC)CC1. The third-order valence-electron chi connectivity index (χ3n) is 4.83. The molecule has 0 aliphatic carbocycles. The normalized spacial score (nSPS) is 15.2. The molecule has 0 unspecified atom stereocenters. The minimum Gasteiger partial charge on any atom is -0.497 e. The molecule has 1 fully saturated rings. The lowest BCUT2D eigenvalue weighted by molar-refractivity contribution is -0.119. The fourth-order valence-electron chi connectivity index (χ4n) is 3.26. The standard InChI is InChI=1S/C21H35N5O3/c1-5-9-23-20(27)15-24-21(22-6-2)26-12-10-25(11-13-26)16-17-14-18(28-3)7-8-19(17)29-4/h7-8,14H,5-6,9-13,15-16H2,1-4H3,(H,22,24)(H,23,27). The Morgan fingerprint density at radius 2 is 1.86 bits per heavy atom. The Balaban J connectivity index is 1.93. The lowest BCUT2D eigenvalue weighted by atomic mass is 10.1. The quantitative estimate of drug-likeness (QED) is 0.477. The Morgan fingerprint density at radius 3 is 2.48 bits per heavy atom. The number of nitrogens with one attached hydrogen (secondary N) is 2. The smallest absolute Gasteiger partial charge is 0.241 e. The zero-order valence-electron chi connectivity index (χ0n) is 18.2. The predicted octanol–water partition coefficient (Wildman–Crippen LogP) is 1.31. The van der Waals surface area contributed by atoms with E-state index < -0.39 is 0 Å². The molecule has 8 heteroatoms. The van der Waals surface area contributed by atoms with Gasteiger partial charge in [0.05, 0.1) is 14.2 Å². The van der Waals surface area contributed by atoms with Crippen molar-refractivity contribution in [3.05, 3.63) is 23.8 Å². The summed E-state index contributed by atoms with van der Waals surface area (Å²) < 4.78 is 10.9. The molecule has 0 aromatic heterocycles. The molecule has 29 heavy (non-hydrogen) atoms. The average molecular weight is 406 g/mol. The molecule has 1 aromatic carbocycles. The Hall–Kier alpha value is -2.48. The van der Waals surface area contributed by atoms with Gasteiger partial charge in [-0.1, -0.05) is 6.92 Å². The summed E-state index contributed by atoms with van der Waals surface area (Å²) >= 11 is 0. The van der Waals surface area contributed by atoms with Gasteiger partial charge in [0.1, 0.15) is 18.0 Å². The van der Waals surface area contributed by atoms with Crippen LogP contribution in [0.4, 0.5) is 0 Å². The first-order chi connectivity index (χ1) is 14.1. The van der Waals surface area contributed by atoms with E-state index in [9.17, 15) is 4.79 Å². The maximum atomic E-state index is 11.9. The van der Waals surface area contributed by atoms with E-state index in [-0.39, 0.29) is 12.5 Å². The van der Waals surface area contributed by atoms with Gasteiger partial charge in [-0.2, -0.15) is 0 Å². The Bertz CT molecular complexity index is 672. The van der Waals surface area contributed by atoms with Gasteiger partial charge >= 0.3 is 0 Å². The number of carbonyl (C=O) groups is 1. The predicted molar refractivity (Wildman–Crippen MR) is 116 cm³/mol. The van der Waals surface area contributed by atoms with Crippen LogP contribution in [0.2, 0.25) is 0 Å². The van der Waals surface area contributed by atoms with Gasteiger partial charge in [-0.05, 0) is 31.5 Å². The zero-order chi connectivity index (χ0) is 21.1. The number of guanidine groups is 1. The molecular weight excluding hydrogens is 370 g/mol. The van der Waals surface area contributed by atoms with Crippen molar-refractivity contribution >= 4 is 11.9 Å². The van der Waals surface area contributed by atoms with Crippen LogP contribution in [0, 0.1) is 0 Å². The lowest BCUT2D eigenvalue weighted by Gasteiger charge is -2.36. The van der Waals surface area contributed by atoms with Crippen molar-refractivity contribution in [2.45, 2.75) is 26.8 Å². The maximum Gasteiger partial charge on any atom is 0.241 e. The number of benzene rings is 1. The highest BCUT2D eigenvalue weighted by Gasteiger charge is 2.21. The third kappa shape index (κ3) is 7.12. The third-order valence-corrected chi connectivity index (χ3v) is 4.83. The van der Waals surface area contributed by atoms with Gasteiger partial charge in [0.15, 0.2) is 5.96 Å². The van der Waals surface area contributed by atoms with Crippen LogP contribution in [0.15, 0.2) is 23.2 Å². The number of ether oxygens (including phenoxy) is 2. The molecule has 1 saturated heterocycles.